The second kappa shape index (κ2) is 7.92. The Labute approximate surface area is 148 Å². The van der Waals surface area contributed by atoms with Crippen molar-refractivity contribution in [2.24, 2.45) is 0 Å². The number of methoxy groups -OCH3 is 1. The largest absolute Gasteiger partial charge is 0.508 e. The molecule has 0 unspecified atom stereocenters. The summed E-state index contributed by atoms with van der Waals surface area (Å²) in [5, 5.41) is 12.4. The minimum atomic E-state index is 0.0291. The van der Waals surface area contributed by atoms with Gasteiger partial charge in [0.05, 0.1) is 19.2 Å². The molecule has 0 spiro atoms. The third-order valence-electron chi connectivity index (χ3n) is 4.59. The maximum absolute atomic E-state index is 12.2. The van der Waals surface area contributed by atoms with E-state index in [0.717, 1.165) is 42.9 Å². The number of phenolic OH excluding ortho intramolecular Hbond substituents is 1. The minimum Gasteiger partial charge on any atom is -0.508 e. The van der Waals surface area contributed by atoms with Gasteiger partial charge in [-0.1, -0.05) is 24.3 Å². The number of hydrogen-bond donors (Lipinski definition) is 2. The summed E-state index contributed by atoms with van der Waals surface area (Å²) in [6, 6.07) is 15.0. The number of para-hydroxylation sites is 2. The molecule has 2 N–H and O–H groups in total. The molecule has 1 aliphatic heterocycles. The highest BCUT2D eigenvalue weighted by molar-refractivity contribution is 5.79. The van der Waals surface area contributed by atoms with Gasteiger partial charge in [-0.05, 0) is 42.7 Å². The first kappa shape index (κ1) is 17.1. The number of hydrogen-bond acceptors (Lipinski definition) is 4. The highest BCUT2D eigenvalue weighted by Gasteiger charge is 2.22. The fourth-order valence-electron chi connectivity index (χ4n) is 3.23. The van der Waals surface area contributed by atoms with Crippen LogP contribution in [0, 0.1) is 0 Å². The number of carbonyl (C=O) groups excluding carboxylic acids is 1. The van der Waals surface area contributed by atoms with Crippen molar-refractivity contribution in [3.63, 3.8) is 0 Å². The maximum Gasteiger partial charge on any atom is 0.224 e. The van der Waals surface area contributed by atoms with E-state index in [2.05, 4.69) is 16.3 Å². The van der Waals surface area contributed by atoms with E-state index in [9.17, 15) is 9.90 Å². The quantitative estimate of drug-likeness (QED) is 0.879. The average molecular weight is 340 g/mol. The summed E-state index contributed by atoms with van der Waals surface area (Å²) in [5.41, 5.74) is 2.01. The number of carbonyl (C=O) groups is 1. The van der Waals surface area contributed by atoms with Crippen LogP contribution in [0.1, 0.15) is 18.4 Å². The van der Waals surface area contributed by atoms with E-state index < -0.39 is 0 Å². The summed E-state index contributed by atoms with van der Waals surface area (Å²) < 4.78 is 5.44. The third-order valence-corrected chi connectivity index (χ3v) is 4.59. The molecule has 25 heavy (non-hydrogen) atoms. The lowest BCUT2D eigenvalue weighted by Crippen LogP contribution is -2.45. The number of amides is 1. The first-order valence-corrected chi connectivity index (χ1v) is 8.61. The standard InChI is InChI=1S/C20H24N2O3/c1-25-19-5-3-2-4-18(19)22-12-10-16(11-13-22)21-20(24)14-15-6-8-17(23)9-7-15/h2-9,16,23H,10-14H2,1H3,(H,21,24). The summed E-state index contributed by atoms with van der Waals surface area (Å²) in [7, 11) is 1.69. The van der Waals surface area contributed by atoms with Crippen molar-refractivity contribution in [3.8, 4) is 11.5 Å². The molecule has 5 nitrogen and oxygen atoms in total. The summed E-state index contributed by atoms with van der Waals surface area (Å²) in [5.74, 6) is 1.13. The van der Waals surface area contributed by atoms with Crippen molar-refractivity contribution < 1.29 is 14.6 Å². The molecule has 5 heteroatoms. The predicted molar refractivity (Wildman–Crippen MR) is 98.2 cm³/mol. The van der Waals surface area contributed by atoms with E-state index in [0.29, 0.717) is 6.42 Å². The van der Waals surface area contributed by atoms with Crippen LogP contribution in [0.2, 0.25) is 0 Å². The van der Waals surface area contributed by atoms with Gasteiger partial charge >= 0.3 is 0 Å². The number of nitrogens with zero attached hydrogens (tertiary/aromatic N) is 1. The van der Waals surface area contributed by atoms with Gasteiger partial charge in [-0.2, -0.15) is 0 Å². The van der Waals surface area contributed by atoms with Gasteiger partial charge in [0.25, 0.3) is 0 Å². The van der Waals surface area contributed by atoms with E-state index in [1.807, 2.05) is 18.2 Å². The van der Waals surface area contributed by atoms with Gasteiger partial charge in [-0.25, -0.2) is 0 Å². The number of rotatable bonds is 5. The van der Waals surface area contributed by atoms with Crippen LogP contribution in [0.4, 0.5) is 5.69 Å². The van der Waals surface area contributed by atoms with Crippen molar-refractivity contribution >= 4 is 11.6 Å². The number of nitrogens with one attached hydrogen (secondary N) is 1. The van der Waals surface area contributed by atoms with Crippen LogP contribution in [-0.4, -0.2) is 37.3 Å². The molecule has 3 rings (SSSR count). The molecule has 1 saturated heterocycles. The van der Waals surface area contributed by atoms with Crippen LogP contribution in [0.15, 0.2) is 48.5 Å². The normalized spacial score (nSPS) is 15.0. The summed E-state index contributed by atoms with van der Waals surface area (Å²) in [6.45, 7) is 1.79. The maximum atomic E-state index is 12.2. The van der Waals surface area contributed by atoms with Crippen LogP contribution < -0.4 is 15.0 Å². The Morgan fingerprint density at radius 3 is 2.52 bits per heavy atom. The molecular formula is C20H24N2O3. The van der Waals surface area contributed by atoms with Crippen LogP contribution >= 0.6 is 0 Å². The molecule has 1 amide bonds. The van der Waals surface area contributed by atoms with E-state index in [1.54, 1.807) is 31.4 Å². The topological polar surface area (TPSA) is 61.8 Å². The molecule has 2 aromatic carbocycles. The van der Waals surface area contributed by atoms with Crippen molar-refractivity contribution in [2.45, 2.75) is 25.3 Å². The van der Waals surface area contributed by atoms with Gasteiger partial charge in [0.1, 0.15) is 11.5 Å². The Balaban J connectivity index is 1.50. The molecular weight excluding hydrogens is 316 g/mol. The van der Waals surface area contributed by atoms with Crippen molar-refractivity contribution in [2.75, 3.05) is 25.1 Å². The molecule has 0 aromatic heterocycles. The van der Waals surface area contributed by atoms with Crippen LogP contribution in [0.5, 0.6) is 11.5 Å². The number of phenols is 1. The summed E-state index contributed by atoms with van der Waals surface area (Å²) in [4.78, 5) is 14.5. The predicted octanol–water partition coefficient (Wildman–Crippen LogP) is 2.73. The number of aromatic hydroxyl groups is 1. The number of anilines is 1. The monoisotopic (exact) mass is 340 g/mol. The molecule has 0 radical (unpaired) electrons. The Bertz CT molecular complexity index is 707. The molecule has 1 fully saturated rings. The molecule has 132 valence electrons. The fraction of sp³-hybridized carbons (Fsp3) is 0.350. The van der Waals surface area contributed by atoms with Gasteiger partial charge in [-0.15, -0.1) is 0 Å². The average Bonchev–Trinajstić information content (AvgIpc) is 2.64. The Morgan fingerprint density at radius 1 is 1.16 bits per heavy atom. The summed E-state index contributed by atoms with van der Waals surface area (Å²) >= 11 is 0. The van der Waals surface area contributed by atoms with Crippen LogP contribution in [-0.2, 0) is 11.2 Å². The number of piperidine rings is 1. The number of benzene rings is 2. The fourth-order valence-corrected chi connectivity index (χ4v) is 3.23. The Hall–Kier alpha value is -2.69. The Kier molecular flexibility index (Phi) is 5.43. The molecule has 0 aliphatic carbocycles. The van der Waals surface area contributed by atoms with Crippen LogP contribution in [0.25, 0.3) is 0 Å². The second-order valence-electron chi connectivity index (χ2n) is 6.34. The smallest absolute Gasteiger partial charge is 0.224 e. The minimum absolute atomic E-state index is 0.0291. The van der Waals surface area contributed by atoms with Crippen molar-refractivity contribution in [1.82, 2.24) is 5.32 Å². The van der Waals surface area contributed by atoms with E-state index >= 15 is 0 Å². The Morgan fingerprint density at radius 2 is 1.84 bits per heavy atom. The van der Waals surface area contributed by atoms with Crippen molar-refractivity contribution in [1.29, 1.82) is 0 Å². The first-order chi connectivity index (χ1) is 12.2. The molecule has 1 heterocycles. The zero-order valence-corrected chi connectivity index (χ0v) is 14.4. The molecule has 0 saturated carbocycles. The molecule has 2 aromatic rings. The highest BCUT2D eigenvalue weighted by Crippen LogP contribution is 2.29. The highest BCUT2D eigenvalue weighted by atomic mass is 16.5. The van der Waals surface area contributed by atoms with Gasteiger partial charge in [-0.3, -0.25) is 4.79 Å². The first-order valence-electron chi connectivity index (χ1n) is 8.61. The SMILES string of the molecule is COc1ccccc1N1CCC(NC(=O)Cc2ccc(O)cc2)CC1. The molecule has 1 aliphatic rings. The summed E-state index contributed by atoms with van der Waals surface area (Å²) in [6.07, 6.45) is 2.17. The van der Waals surface area contributed by atoms with Crippen LogP contribution in [0.3, 0.4) is 0 Å². The van der Waals surface area contributed by atoms with Gasteiger partial charge in [0.15, 0.2) is 0 Å². The van der Waals surface area contributed by atoms with Gasteiger partial charge < -0.3 is 20.1 Å². The van der Waals surface area contributed by atoms with E-state index in [1.165, 1.54) is 0 Å². The zero-order valence-electron chi connectivity index (χ0n) is 14.4. The second-order valence-corrected chi connectivity index (χ2v) is 6.34. The molecule has 0 bridgehead atoms. The molecule has 0 atom stereocenters. The lowest BCUT2D eigenvalue weighted by molar-refractivity contribution is -0.121. The van der Waals surface area contributed by atoms with Gasteiger partial charge in [0.2, 0.25) is 5.91 Å². The van der Waals surface area contributed by atoms with E-state index in [-0.39, 0.29) is 17.7 Å². The lowest BCUT2D eigenvalue weighted by atomic mass is 10.0. The lowest BCUT2D eigenvalue weighted by Gasteiger charge is -2.34. The number of ether oxygens (including phenoxy) is 1. The third kappa shape index (κ3) is 4.44. The zero-order chi connectivity index (χ0) is 17.6. The van der Waals surface area contributed by atoms with E-state index in [4.69, 9.17) is 4.74 Å². The van der Waals surface area contributed by atoms with Gasteiger partial charge in [0, 0.05) is 19.1 Å². The van der Waals surface area contributed by atoms with Crippen molar-refractivity contribution in [3.05, 3.63) is 54.1 Å².